The van der Waals surface area contributed by atoms with Crippen LogP contribution in [0.25, 0.3) is 0 Å². The Bertz CT molecular complexity index is 676. The summed E-state index contributed by atoms with van der Waals surface area (Å²) in [5, 5.41) is 0. The summed E-state index contributed by atoms with van der Waals surface area (Å²) in [6, 6.07) is 10.3. The van der Waals surface area contributed by atoms with Crippen LogP contribution in [-0.2, 0) is 14.3 Å². The van der Waals surface area contributed by atoms with Gasteiger partial charge in [0, 0.05) is 0 Å². The Morgan fingerprint density at radius 1 is 1.15 bits per heavy atom. The van der Waals surface area contributed by atoms with E-state index in [9.17, 15) is 9.59 Å². The second-order valence-electron chi connectivity index (χ2n) is 6.86. The third-order valence-electron chi connectivity index (χ3n) is 4.75. The van der Waals surface area contributed by atoms with Crippen molar-refractivity contribution in [1.82, 2.24) is 0 Å². The molecule has 27 heavy (non-hydrogen) atoms. The van der Waals surface area contributed by atoms with E-state index in [0.717, 1.165) is 55.0 Å². The Hall–Kier alpha value is -1.64. The molecule has 1 unspecified atom stereocenters. The molecule has 0 bridgehead atoms. The summed E-state index contributed by atoms with van der Waals surface area (Å²) in [7, 11) is 1.43. The van der Waals surface area contributed by atoms with Crippen molar-refractivity contribution in [3.63, 3.8) is 0 Å². The number of Topliss-reactive ketones (excluding diaryl/α,β-unsaturated/α-hetero) is 1. The van der Waals surface area contributed by atoms with E-state index in [-0.39, 0.29) is 32.6 Å². The third-order valence-corrected chi connectivity index (χ3v) is 6.96. The number of benzene rings is 1. The van der Waals surface area contributed by atoms with Crippen molar-refractivity contribution in [2.75, 3.05) is 7.11 Å². The first-order valence-electron chi connectivity index (χ1n) is 9.92. The first kappa shape index (κ1) is 21.7. The van der Waals surface area contributed by atoms with Gasteiger partial charge in [0.1, 0.15) is 0 Å². The quantitative estimate of drug-likeness (QED) is 0.226. The average molecular weight is 433 g/mol. The van der Waals surface area contributed by atoms with Crippen molar-refractivity contribution in [2.24, 2.45) is 5.92 Å². The fraction of sp³-hybridized carbons (Fsp3) is 0.478. The van der Waals surface area contributed by atoms with Gasteiger partial charge in [0.15, 0.2) is 0 Å². The van der Waals surface area contributed by atoms with E-state index in [2.05, 4.69) is 35.9 Å². The summed E-state index contributed by atoms with van der Waals surface area (Å²) in [5.74, 6) is 0.401. The topological polar surface area (TPSA) is 43.4 Å². The van der Waals surface area contributed by atoms with E-state index in [1.165, 1.54) is 11.6 Å². The minimum atomic E-state index is -0.143. The third kappa shape index (κ3) is 7.12. The molecule has 0 aromatic heterocycles. The van der Waals surface area contributed by atoms with E-state index in [4.69, 9.17) is 0 Å². The van der Waals surface area contributed by atoms with Gasteiger partial charge in [-0.15, -0.1) is 0 Å². The van der Waals surface area contributed by atoms with Gasteiger partial charge in [0.2, 0.25) is 0 Å². The summed E-state index contributed by atoms with van der Waals surface area (Å²) in [4.78, 5) is 24.1. The van der Waals surface area contributed by atoms with Crippen molar-refractivity contribution < 1.29 is 14.3 Å². The normalized spacial score (nSPS) is 18.0. The van der Waals surface area contributed by atoms with Gasteiger partial charge in [-0.2, -0.15) is 0 Å². The zero-order valence-corrected chi connectivity index (χ0v) is 18.1. The molecule has 0 spiro atoms. The van der Waals surface area contributed by atoms with Crippen LogP contribution < -0.4 is 4.46 Å². The van der Waals surface area contributed by atoms with Crippen LogP contribution in [0, 0.1) is 5.92 Å². The number of carbonyl (C=O) groups is 2. The van der Waals surface area contributed by atoms with Crippen LogP contribution >= 0.6 is 0 Å². The average Bonchev–Trinajstić information content (AvgIpc) is 2.98. The molecule has 2 rings (SSSR count). The number of ether oxygens (including phenoxy) is 1. The first-order valence-corrected chi connectivity index (χ1v) is 11.6. The van der Waals surface area contributed by atoms with Crippen molar-refractivity contribution in [1.29, 1.82) is 0 Å². The first-order chi connectivity index (χ1) is 13.2. The number of methoxy groups -OCH3 is 1. The zero-order valence-electron chi connectivity index (χ0n) is 16.4. The van der Waals surface area contributed by atoms with E-state index in [1.807, 2.05) is 18.2 Å². The number of hydrogen-bond donors (Lipinski definition) is 0. The Labute approximate surface area is 169 Å². The minimum absolute atomic E-state index is 0.0823. The molecular weight excluding hydrogens is 403 g/mol. The van der Waals surface area contributed by atoms with Crippen LogP contribution in [0.3, 0.4) is 0 Å². The Morgan fingerprint density at radius 3 is 2.63 bits per heavy atom. The van der Waals surface area contributed by atoms with E-state index in [0.29, 0.717) is 6.42 Å². The molecule has 0 N–H and O–H groups in total. The van der Waals surface area contributed by atoms with Crippen LogP contribution in [-0.4, -0.2) is 33.8 Å². The van der Waals surface area contributed by atoms with Gasteiger partial charge in [-0.1, -0.05) is 0 Å². The van der Waals surface area contributed by atoms with Gasteiger partial charge in [-0.3, -0.25) is 0 Å². The summed E-state index contributed by atoms with van der Waals surface area (Å²) in [6.45, 7) is 2.19. The molecule has 146 valence electrons. The molecule has 0 saturated heterocycles. The standard InChI is InChI=1S/C23H30O3Se/c1-3-4-12-18-17-21(27-19-13-8-7-9-14-19)23(25)20(18)15-10-5-6-11-16-22(24)26-2/h7-9,13-15,17-18H,3-6,10-12,16H2,1-2H3. The number of rotatable bonds is 11. The van der Waals surface area contributed by atoms with Gasteiger partial charge >= 0.3 is 169 Å². The van der Waals surface area contributed by atoms with Crippen LogP contribution in [0.5, 0.6) is 0 Å². The maximum absolute atomic E-state index is 12.9. The molecule has 0 fully saturated rings. The molecule has 1 aliphatic carbocycles. The number of allylic oxidation sites excluding steroid dienone is 4. The fourth-order valence-electron chi connectivity index (χ4n) is 3.21. The zero-order chi connectivity index (χ0) is 19.5. The van der Waals surface area contributed by atoms with Crippen molar-refractivity contribution in [3.8, 4) is 0 Å². The van der Waals surface area contributed by atoms with Gasteiger partial charge in [-0.25, -0.2) is 0 Å². The molecular formula is C23H30O3Se. The summed E-state index contributed by atoms with van der Waals surface area (Å²) >= 11 is 0.0823. The number of esters is 1. The predicted molar refractivity (Wildman–Crippen MR) is 111 cm³/mol. The summed E-state index contributed by atoms with van der Waals surface area (Å²) in [6.07, 6.45) is 12.0. The predicted octanol–water partition coefficient (Wildman–Crippen LogP) is 4.34. The van der Waals surface area contributed by atoms with Crippen LogP contribution in [0.2, 0.25) is 0 Å². The van der Waals surface area contributed by atoms with Gasteiger partial charge in [-0.05, 0) is 0 Å². The second kappa shape index (κ2) is 11.9. The van der Waals surface area contributed by atoms with Crippen molar-refractivity contribution >= 4 is 31.2 Å². The number of unbranched alkanes of at least 4 members (excludes halogenated alkanes) is 4. The van der Waals surface area contributed by atoms with E-state index < -0.39 is 0 Å². The van der Waals surface area contributed by atoms with Crippen molar-refractivity contribution in [2.45, 2.75) is 58.3 Å². The Balaban J connectivity index is 1.92. The van der Waals surface area contributed by atoms with Crippen LogP contribution in [0.1, 0.15) is 58.3 Å². The van der Waals surface area contributed by atoms with Crippen LogP contribution in [0.15, 0.2) is 52.5 Å². The van der Waals surface area contributed by atoms with E-state index in [1.54, 1.807) is 0 Å². The number of hydrogen-bond acceptors (Lipinski definition) is 3. The molecule has 1 aliphatic rings. The van der Waals surface area contributed by atoms with Crippen LogP contribution in [0.4, 0.5) is 0 Å². The molecule has 0 saturated carbocycles. The summed E-state index contributed by atoms with van der Waals surface area (Å²) < 4.78 is 6.92. The van der Waals surface area contributed by atoms with Crippen molar-refractivity contribution in [3.05, 3.63) is 52.5 Å². The number of carbonyl (C=O) groups excluding carboxylic acids is 2. The second-order valence-corrected chi connectivity index (χ2v) is 9.20. The molecule has 3 nitrogen and oxygen atoms in total. The van der Waals surface area contributed by atoms with E-state index >= 15 is 0 Å². The monoisotopic (exact) mass is 434 g/mol. The molecule has 4 heteroatoms. The Morgan fingerprint density at radius 2 is 1.93 bits per heavy atom. The molecule has 0 aliphatic heterocycles. The molecule has 1 atom stereocenters. The molecule has 0 heterocycles. The maximum atomic E-state index is 12.9. The number of ketones is 1. The molecule has 1 aromatic carbocycles. The molecule has 1 aromatic rings. The van der Waals surface area contributed by atoms with Gasteiger partial charge in [0.25, 0.3) is 0 Å². The Kier molecular flexibility index (Phi) is 9.58. The fourth-order valence-corrected chi connectivity index (χ4v) is 5.29. The summed E-state index contributed by atoms with van der Waals surface area (Å²) in [5.41, 5.74) is 1.00. The van der Waals surface area contributed by atoms with Gasteiger partial charge < -0.3 is 0 Å². The SMILES string of the molecule is CCCCC1C=C([Se]c2ccccc2)C(=O)C1=CCCCCCC(=O)OC. The molecule has 0 amide bonds. The van der Waals surface area contributed by atoms with Gasteiger partial charge in [0.05, 0.1) is 0 Å². The molecule has 0 radical (unpaired) electrons.